The quantitative estimate of drug-likeness (QED) is 0.441. The molecule has 28 heavy (non-hydrogen) atoms. The zero-order valence-electron chi connectivity index (χ0n) is 14.6. The van der Waals surface area contributed by atoms with E-state index in [0.717, 1.165) is 24.9 Å². The average Bonchev–Trinajstić information content (AvgIpc) is 3.12. The Labute approximate surface area is 168 Å². The molecule has 1 saturated heterocycles. The monoisotopic (exact) mass is 435 g/mol. The van der Waals surface area contributed by atoms with Gasteiger partial charge in [-0.15, -0.1) is 0 Å². The fourth-order valence-corrected chi connectivity index (χ4v) is 3.67. The number of halogens is 6. The first-order valence-corrected chi connectivity index (χ1v) is 9.07. The lowest BCUT2D eigenvalue weighted by Gasteiger charge is -2.20. The van der Waals surface area contributed by atoms with Gasteiger partial charge in [0.05, 0.1) is 22.7 Å². The summed E-state index contributed by atoms with van der Waals surface area (Å²) in [7, 11) is 0.913. The number of hydrogen-bond acceptors (Lipinski definition) is 3. The van der Waals surface area contributed by atoms with Crippen LogP contribution in [0.15, 0.2) is 30.3 Å². The maximum atomic E-state index is 14.9. The second-order valence-corrected chi connectivity index (χ2v) is 7.23. The highest BCUT2D eigenvalue weighted by Gasteiger charge is 2.39. The molecule has 0 spiro atoms. The number of rotatable bonds is 3. The molecule has 1 atom stereocenters. The van der Waals surface area contributed by atoms with Gasteiger partial charge in [-0.1, -0.05) is 29.3 Å². The van der Waals surface area contributed by atoms with Gasteiger partial charge in [-0.05, 0) is 36.2 Å². The summed E-state index contributed by atoms with van der Waals surface area (Å²) in [6, 6.07) is 6.90. The lowest BCUT2D eigenvalue weighted by Crippen LogP contribution is -2.21. The van der Waals surface area contributed by atoms with E-state index < -0.39 is 29.1 Å². The molecule has 1 unspecified atom stereocenters. The number of anilines is 1. The second-order valence-electron chi connectivity index (χ2n) is 6.41. The number of carbonyl (C=O) groups excluding carboxylic acids is 1. The van der Waals surface area contributed by atoms with E-state index >= 15 is 0 Å². The van der Waals surface area contributed by atoms with Crippen LogP contribution >= 0.6 is 23.2 Å². The third-order valence-electron chi connectivity index (χ3n) is 4.76. The summed E-state index contributed by atoms with van der Waals surface area (Å²) in [5.41, 5.74) is -1.60. The van der Waals surface area contributed by atoms with Gasteiger partial charge in [-0.3, -0.25) is 0 Å². The Bertz CT molecular complexity index is 918. The zero-order chi connectivity index (χ0) is 20.6. The van der Waals surface area contributed by atoms with Gasteiger partial charge in [-0.25, -0.2) is 9.18 Å². The third-order valence-corrected chi connectivity index (χ3v) is 5.50. The number of ether oxygens (including phenoxy) is 1. The van der Waals surface area contributed by atoms with Crippen molar-refractivity contribution in [1.82, 2.24) is 0 Å². The van der Waals surface area contributed by atoms with E-state index in [9.17, 15) is 22.4 Å². The molecular weight excluding hydrogens is 421 g/mol. The maximum absolute atomic E-state index is 14.9. The first-order valence-electron chi connectivity index (χ1n) is 8.31. The number of methoxy groups -OCH3 is 1. The van der Waals surface area contributed by atoms with Crippen LogP contribution in [0.4, 0.5) is 23.2 Å². The standard InChI is InChI=1S/C19H15Cl2F4NO2/c1-28-18(27)16-13(19(23,24)25)4-3-12(17(16)22)10-6-7-26(9-10)11-2-5-14(20)15(21)8-11/h2-5,8,10H,6-7,9H2,1H3. The van der Waals surface area contributed by atoms with Crippen molar-refractivity contribution < 1.29 is 27.1 Å². The molecule has 9 heteroatoms. The molecule has 3 nitrogen and oxygen atoms in total. The molecule has 3 rings (SSSR count). The topological polar surface area (TPSA) is 29.5 Å². The molecule has 0 aliphatic carbocycles. The molecule has 0 radical (unpaired) electrons. The first-order chi connectivity index (χ1) is 13.1. The fourth-order valence-electron chi connectivity index (χ4n) is 3.38. The molecule has 1 fully saturated rings. The average molecular weight is 436 g/mol. The van der Waals surface area contributed by atoms with Crippen LogP contribution in [0, 0.1) is 5.82 Å². The van der Waals surface area contributed by atoms with E-state index in [1.807, 2.05) is 4.90 Å². The molecule has 0 N–H and O–H groups in total. The Morgan fingerprint density at radius 2 is 1.89 bits per heavy atom. The van der Waals surface area contributed by atoms with Crippen molar-refractivity contribution in [3.05, 3.63) is 62.9 Å². The number of carbonyl (C=O) groups is 1. The smallest absolute Gasteiger partial charge is 0.417 e. The Morgan fingerprint density at radius 1 is 1.18 bits per heavy atom. The van der Waals surface area contributed by atoms with Gasteiger partial charge < -0.3 is 9.64 Å². The molecule has 0 bridgehead atoms. The highest BCUT2D eigenvalue weighted by molar-refractivity contribution is 6.42. The summed E-state index contributed by atoms with van der Waals surface area (Å²) >= 11 is 11.9. The summed E-state index contributed by atoms with van der Waals surface area (Å²) in [5.74, 6) is -2.94. The lowest BCUT2D eigenvalue weighted by molar-refractivity contribution is -0.138. The molecule has 1 aliphatic heterocycles. The fraction of sp³-hybridized carbons (Fsp3) is 0.316. The maximum Gasteiger partial charge on any atom is 0.417 e. The van der Waals surface area contributed by atoms with E-state index in [0.29, 0.717) is 29.6 Å². The highest BCUT2D eigenvalue weighted by atomic mass is 35.5. The van der Waals surface area contributed by atoms with E-state index in [2.05, 4.69) is 4.74 Å². The van der Waals surface area contributed by atoms with Crippen LogP contribution in [0.5, 0.6) is 0 Å². The molecular formula is C19H15Cl2F4NO2. The number of benzene rings is 2. The van der Waals surface area contributed by atoms with Gasteiger partial charge in [0.1, 0.15) is 11.4 Å². The van der Waals surface area contributed by atoms with Crippen molar-refractivity contribution in [3.8, 4) is 0 Å². The van der Waals surface area contributed by atoms with E-state index in [1.165, 1.54) is 0 Å². The van der Waals surface area contributed by atoms with Crippen LogP contribution in [-0.2, 0) is 10.9 Å². The van der Waals surface area contributed by atoms with Crippen molar-refractivity contribution in [1.29, 1.82) is 0 Å². The van der Waals surface area contributed by atoms with Crippen molar-refractivity contribution in [2.75, 3.05) is 25.1 Å². The summed E-state index contributed by atoms with van der Waals surface area (Å²) in [5, 5.41) is 0.772. The van der Waals surface area contributed by atoms with Crippen LogP contribution in [0.2, 0.25) is 10.0 Å². The molecule has 0 saturated carbocycles. The minimum Gasteiger partial charge on any atom is -0.465 e. The summed E-state index contributed by atoms with van der Waals surface area (Å²) in [6.45, 7) is 0.914. The number of alkyl halides is 3. The number of esters is 1. The minimum atomic E-state index is -4.87. The second kappa shape index (κ2) is 7.79. The Morgan fingerprint density at radius 3 is 2.50 bits per heavy atom. The summed E-state index contributed by atoms with van der Waals surface area (Å²) in [6.07, 6.45) is -4.37. The molecule has 2 aromatic rings. The predicted octanol–water partition coefficient (Wildman–Crippen LogP) is 5.93. The van der Waals surface area contributed by atoms with Crippen LogP contribution in [0.1, 0.15) is 33.8 Å². The predicted molar refractivity (Wildman–Crippen MR) is 98.8 cm³/mol. The van der Waals surface area contributed by atoms with Crippen molar-refractivity contribution in [3.63, 3.8) is 0 Å². The third kappa shape index (κ3) is 3.91. The van der Waals surface area contributed by atoms with Gasteiger partial charge in [0.15, 0.2) is 0 Å². The van der Waals surface area contributed by atoms with Gasteiger partial charge >= 0.3 is 12.1 Å². The number of hydrogen-bond donors (Lipinski definition) is 0. The molecule has 1 heterocycles. The largest absolute Gasteiger partial charge is 0.465 e. The van der Waals surface area contributed by atoms with Crippen molar-refractivity contribution >= 4 is 34.9 Å². The Balaban J connectivity index is 1.94. The van der Waals surface area contributed by atoms with Gasteiger partial charge in [0.2, 0.25) is 0 Å². The van der Waals surface area contributed by atoms with Crippen molar-refractivity contribution in [2.45, 2.75) is 18.5 Å². The lowest BCUT2D eigenvalue weighted by atomic mass is 9.93. The molecule has 0 amide bonds. The molecule has 150 valence electrons. The van der Waals surface area contributed by atoms with Gasteiger partial charge in [-0.2, -0.15) is 13.2 Å². The van der Waals surface area contributed by atoms with Crippen LogP contribution < -0.4 is 4.90 Å². The van der Waals surface area contributed by atoms with E-state index in [1.54, 1.807) is 18.2 Å². The summed E-state index contributed by atoms with van der Waals surface area (Å²) in [4.78, 5) is 13.8. The number of nitrogens with zero attached hydrogens (tertiary/aromatic N) is 1. The summed E-state index contributed by atoms with van der Waals surface area (Å²) < 4.78 is 58.9. The highest BCUT2D eigenvalue weighted by Crippen LogP contribution is 2.39. The Hall–Kier alpha value is -1.99. The first kappa shape index (κ1) is 20.7. The molecule has 1 aliphatic rings. The van der Waals surface area contributed by atoms with Crippen molar-refractivity contribution in [2.24, 2.45) is 0 Å². The van der Waals surface area contributed by atoms with Crippen LogP contribution in [0.25, 0.3) is 0 Å². The van der Waals surface area contributed by atoms with E-state index in [4.69, 9.17) is 23.2 Å². The SMILES string of the molecule is COC(=O)c1c(C(F)(F)F)ccc(C2CCN(c3ccc(Cl)c(Cl)c3)C2)c1F. The molecule has 0 aromatic heterocycles. The van der Waals surface area contributed by atoms with Gasteiger partial charge in [0.25, 0.3) is 0 Å². The van der Waals surface area contributed by atoms with Crippen LogP contribution in [-0.4, -0.2) is 26.2 Å². The van der Waals surface area contributed by atoms with E-state index in [-0.39, 0.29) is 11.5 Å². The van der Waals surface area contributed by atoms with Gasteiger partial charge in [0, 0.05) is 24.7 Å². The zero-order valence-corrected chi connectivity index (χ0v) is 16.1. The molecule has 2 aromatic carbocycles. The van der Waals surface area contributed by atoms with Crippen LogP contribution in [0.3, 0.4) is 0 Å². The minimum absolute atomic E-state index is 0.0518. The normalized spacial score (nSPS) is 17.1. The Kier molecular flexibility index (Phi) is 5.77.